The van der Waals surface area contributed by atoms with Crippen LogP contribution in [0.2, 0.25) is 5.02 Å². The molecule has 20 heavy (non-hydrogen) atoms. The third kappa shape index (κ3) is 3.08. The number of amides is 1. The van der Waals surface area contributed by atoms with Crippen LogP contribution < -0.4 is 10.2 Å². The first-order valence-electron chi connectivity index (χ1n) is 6.36. The smallest absolute Gasteiger partial charge is 0.261 e. The van der Waals surface area contributed by atoms with Gasteiger partial charge in [-0.05, 0) is 37.3 Å². The van der Waals surface area contributed by atoms with E-state index in [4.69, 9.17) is 11.6 Å². The molecule has 0 atom stereocenters. The Kier molecular flexibility index (Phi) is 4.58. The van der Waals surface area contributed by atoms with Crippen LogP contribution in [-0.4, -0.2) is 24.5 Å². The molecular weight excluding hydrogens is 274 g/mol. The van der Waals surface area contributed by atoms with Crippen molar-refractivity contribution in [2.45, 2.75) is 6.92 Å². The maximum absolute atomic E-state index is 12.6. The van der Waals surface area contributed by atoms with Gasteiger partial charge < -0.3 is 5.32 Å². The lowest BCUT2D eigenvalue weighted by atomic mass is 10.1. The molecule has 1 aromatic heterocycles. The number of nitrogens with one attached hydrogen (secondary N) is 1. The minimum absolute atomic E-state index is 0.151. The Labute approximate surface area is 123 Å². The van der Waals surface area contributed by atoms with Crippen molar-refractivity contribution >= 4 is 29.0 Å². The van der Waals surface area contributed by atoms with Gasteiger partial charge in [-0.1, -0.05) is 17.7 Å². The van der Waals surface area contributed by atoms with Gasteiger partial charge in [0.05, 0.1) is 5.56 Å². The van der Waals surface area contributed by atoms with Gasteiger partial charge in [-0.25, -0.2) is 4.98 Å². The van der Waals surface area contributed by atoms with E-state index in [-0.39, 0.29) is 5.91 Å². The van der Waals surface area contributed by atoms with E-state index >= 15 is 0 Å². The second-order valence-electron chi connectivity index (χ2n) is 4.27. The number of pyridine rings is 1. The van der Waals surface area contributed by atoms with E-state index in [9.17, 15) is 4.79 Å². The topological polar surface area (TPSA) is 45.2 Å². The lowest BCUT2D eigenvalue weighted by molar-refractivity contribution is 0.0993. The number of rotatable bonds is 4. The number of halogens is 1. The second kappa shape index (κ2) is 6.39. The molecule has 0 aliphatic carbocycles. The molecule has 0 radical (unpaired) electrons. The lowest BCUT2D eigenvalue weighted by Gasteiger charge is -2.18. The number of benzene rings is 1. The van der Waals surface area contributed by atoms with Crippen molar-refractivity contribution in [1.29, 1.82) is 0 Å². The van der Waals surface area contributed by atoms with Crippen LogP contribution in [0.15, 0.2) is 42.6 Å². The van der Waals surface area contributed by atoms with Gasteiger partial charge in [-0.2, -0.15) is 0 Å². The zero-order valence-corrected chi connectivity index (χ0v) is 12.2. The fourth-order valence-corrected chi connectivity index (χ4v) is 2.05. The fraction of sp³-hybridized carbons (Fsp3) is 0.200. The zero-order valence-electron chi connectivity index (χ0n) is 11.4. The first-order valence-corrected chi connectivity index (χ1v) is 6.73. The zero-order chi connectivity index (χ0) is 14.5. The first kappa shape index (κ1) is 14.3. The minimum Gasteiger partial charge on any atom is -0.385 e. The number of hydrogen-bond donors (Lipinski definition) is 1. The van der Waals surface area contributed by atoms with Gasteiger partial charge in [-0.3, -0.25) is 9.69 Å². The van der Waals surface area contributed by atoms with E-state index in [1.165, 1.54) is 4.90 Å². The summed E-state index contributed by atoms with van der Waals surface area (Å²) < 4.78 is 0. The summed E-state index contributed by atoms with van der Waals surface area (Å²) in [5.74, 6) is 0.446. The van der Waals surface area contributed by atoms with Crippen molar-refractivity contribution in [3.8, 4) is 0 Å². The quantitative estimate of drug-likeness (QED) is 0.938. The molecule has 1 N–H and O–H groups in total. The molecule has 2 aromatic rings. The summed E-state index contributed by atoms with van der Waals surface area (Å²) in [6.07, 6.45) is 1.66. The van der Waals surface area contributed by atoms with Crippen LogP contribution in [0.1, 0.15) is 17.3 Å². The summed E-state index contributed by atoms with van der Waals surface area (Å²) in [7, 11) is 1.70. The van der Waals surface area contributed by atoms with Crippen LogP contribution in [-0.2, 0) is 0 Å². The summed E-state index contributed by atoms with van der Waals surface area (Å²) in [5, 5.41) is 3.70. The van der Waals surface area contributed by atoms with Gasteiger partial charge in [0.2, 0.25) is 0 Å². The van der Waals surface area contributed by atoms with Crippen molar-refractivity contribution in [3.05, 3.63) is 53.2 Å². The van der Waals surface area contributed by atoms with E-state index in [1.54, 1.807) is 31.4 Å². The van der Waals surface area contributed by atoms with Gasteiger partial charge in [-0.15, -0.1) is 0 Å². The number of carbonyl (C=O) groups excluding carboxylic acids is 1. The highest BCUT2D eigenvalue weighted by Gasteiger charge is 2.18. The first-order chi connectivity index (χ1) is 9.63. The Morgan fingerprint density at radius 3 is 2.80 bits per heavy atom. The molecule has 104 valence electrons. The van der Waals surface area contributed by atoms with Crippen molar-refractivity contribution in [3.63, 3.8) is 0 Å². The molecule has 1 heterocycles. The van der Waals surface area contributed by atoms with Crippen LogP contribution >= 0.6 is 11.6 Å². The van der Waals surface area contributed by atoms with Gasteiger partial charge in [0.1, 0.15) is 5.82 Å². The average Bonchev–Trinajstić information content (AvgIpc) is 2.48. The van der Waals surface area contributed by atoms with Crippen LogP contribution in [0, 0.1) is 0 Å². The van der Waals surface area contributed by atoms with Crippen molar-refractivity contribution in [2.24, 2.45) is 0 Å². The maximum Gasteiger partial charge on any atom is 0.261 e. The largest absolute Gasteiger partial charge is 0.385 e. The van der Waals surface area contributed by atoms with Gasteiger partial charge in [0, 0.05) is 30.5 Å². The van der Waals surface area contributed by atoms with Gasteiger partial charge >= 0.3 is 0 Å². The van der Waals surface area contributed by atoms with E-state index in [0.29, 0.717) is 16.4 Å². The molecule has 1 aromatic carbocycles. The van der Waals surface area contributed by atoms with Crippen molar-refractivity contribution in [2.75, 3.05) is 23.8 Å². The Morgan fingerprint density at radius 2 is 2.15 bits per heavy atom. The molecule has 5 heteroatoms. The Bertz CT molecular complexity index is 601. The predicted molar refractivity (Wildman–Crippen MR) is 82.6 cm³/mol. The van der Waals surface area contributed by atoms with Crippen LogP contribution in [0.25, 0.3) is 0 Å². The number of nitrogens with zero attached hydrogens (tertiary/aromatic N) is 2. The highest BCUT2D eigenvalue weighted by atomic mass is 35.5. The number of anilines is 2. The molecule has 0 saturated heterocycles. The summed E-state index contributed by atoms with van der Waals surface area (Å²) in [4.78, 5) is 18.3. The molecule has 0 aliphatic rings. The third-order valence-corrected chi connectivity index (χ3v) is 3.11. The summed E-state index contributed by atoms with van der Waals surface area (Å²) in [6, 6.07) is 10.7. The normalized spacial score (nSPS) is 10.2. The predicted octanol–water partition coefficient (Wildman–Crippen LogP) is 3.44. The molecule has 0 fully saturated rings. The fourth-order valence-electron chi connectivity index (χ4n) is 1.87. The van der Waals surface area contributed by atoms with Gasteiger partial charge in [0.15, 0.2) is 0 Å². The lowest BCUT2D eigenvalue weighted by Crippen LogP contribution is -2.27. The number of hydrogen-bond acceptors (Lipinski definition) is 3. The molecule has 0 aliphatic heterocycles. The molecule has 2 rings (SSSR count). The Morgan fingerprint density at radius 1 is 1.35 bits per heavy atom. The van der Waals surface area contributed by atoms with Crippen LogP contribution in [0.4, 0.5) is 11.5 Å². The maximum atomic E-state index is 12.6. The van der Waals surface area contributed by atoms with Gasteiger partial charge in [0.25, 0.3) is 5.91 Å². The number of carbonyl (C=O) groups is 1. The van der Waals surface area contributed by atoms with E-state index in [1.807, 2.05) is 25.1 Å². The van der Waals surface area contributed by atoms with E-state index in [2.05, 4.69) is 10.3 Å². The molecule has 0 unspecified atom stereocenters. The molecule has 1 amide bonds. The SMILES string of the molecule is CCNc1ccc(Cl)cc1C(=O)N(C)c1ccccn1. The minimum atomic E-state index is -0.151. The van der Waals surface area contributed by atoms with E-state index < -0.39 is 0 Å². The van der Waals surface area contributed by atoms with Crippen LogP contribution in [0.5, 0.6) is 0 Å². The standard InChI is InChI=1S/C15H16ClN3O/c1-3-17-13-8-7-11(16)10-12(13)15(20)19(2)14-6-4-5-9-18-14/h4-10,17H,3H2,1-2H3. The average molecular weight is 290 g/mol. The summed E-state index contributed by atoms with van der Waals surface area (Å²) in [6.45, 7) is 2.71. The molecule has 4 nitrogen and oxygen atoms in total. The Balaban J connectivity index is 2.35. The highest BCUT2D eigenvalue weighted by molar-refractivity contribution is 6.31. The number of aromatic nitrogens is 1. The van der Waals surface area contributed by atoms with Crippen LogP contribution in [0.3, 0.4) is 0 Å². The second-order valence-corrected chi connectivity index (χ2v) is 4.71. The Hall–Kier alpha value is -2.07. The molecular formula is C15H16ClN3O. The summed E-state index contributed by atoms with van der Waals surface area (Å²) >= 11 is 6.00. The van der Waals surface area contributed by atoms with Crippen molar-refractivity contribution in [1.82, 2.24) is 4.98 Å². The molecule has 0 bridgehead atoms. The molecule has 0 spiro atoms. The highest BCUT2D eigenvalue weighted by Crippen LogP contribution is 2.23. The monoisotopic (exact) mass is 289 g/mol. The third-order valence-electron chi connectivity index (χ3n) is 2.88. The van der Waals surface area contributed by atoms with Crippen molar-refractivity contribution < 1.29 is 4.79 Å². The van der Waals surface area contributed by atoms with E-state index in [0.717, 1.165) is 12.2 Å². The molecule has 0 saturated carbocycles. The summed E-state index contributed by atoms with van der Waals surface area (Å²) in [5.41, 5.74) is 1.30.